The van der Waals surface area contributed by atoms with Crippen LogP contribution in [0.5, 0.6) is 0 Å². The largest absolute Gasteiger partial charge is 1.00 e. The number of anilines is 6. The van der Waals surface area contributed by atoms with E-state index in [2.05, 4.69) is 75.3 Å². The van der Waals surface area contributed by atoms with E-state index in [0.717, 1.165) is 94.3 Å². The van der Waals surface area contributed by atoms with Crippen molar-refractivity contribution < 1.29 is 38.0 Å². The fourth-order valence-corrected chi connectivity index (χ4v) is 8.03. The molecule has 9 rings (SSSR count). The normalized spacial score (nSPS) is 13.2. The Kier molecular flexibility index (Phi) is 14.8. The fraction of sp³-hybridized carbons (Fsp3) is 0.170. The number of hydrogen-bond donors (Lipinski definition) is 4. The summed E-state index contributed by atoms with van der Waals surface area (Å²) in [5.41, 5.74) is 11.8. The highest BCUT2D eigenvalue weighted by atomic mass is 127. The summed E-state index contributed by atoms with van der Waals surface area (Å²) in [7, 11) is 2.30. The van der Waals surface area contributed by atoms with E-state index in [1.165, 1.54) is 5.56 Å². The number of nitrogens with zero attached hydrogens (tertiary/aromatic N) is 8. The van der Waals surface area contributed by atoms with Gasteiger partial charge in [0.25, 0.3) is 11.8 Å². The number of amides is 2. The Bertz CT molecular complexity index is 3000. The van der Waals surface area contributed by atoms with Gasteiger partial charge in [0, 0.05) is 107 Å². The highest BCUT2D eigenvalue weighted by Crippen LogP contribution is 2.27. The van der Waals surface area contributed by atoms with Crippen molar-refractivity contribution in [3.63, 3.8) is 0 Å². The molecule has 0 atom stereocenters. The molecule has 4 aromatic heterocycles. The molecule has 8 aromatic rings. The highest BCUT2D eigenvalue weighted by molar-refractivity contribution is 6.05. The van der Waals surface area contributed by atoms with Gasteiger partial charge < -0.3 is 49.7 Å². The summed E-state index contributed by atoms with van der Waals surface area (Å²) in [6.07, 6.45) is 10.4. The van der Waals surface area contributed by atoms with Crippen LogP contribution in [0, 0.1) is 13.8 Å². The average Bonchev–Trinajstić information content (AvgIpc) is 3.35. The van der Waals surface area contributed by atoms with E-state index in [-0.39, 0.29) is 35.8 Å². The van der Waals surface area contributed by atoms with Crippen LogP contribution in [0.2, 0.25) is 0 Å². The van der Waals surface area contributed by atoms with Crippen LogP contribution in [-0.2, 0) is 13.1 Å². The van der Waals surface area contributed by atoms with Crippen LogP contribution in [0.3, 0.4) is 0 Å². The number of quaternary nitrogens is 1. The number of benzene rings is 4. The quantitative estimate of drug-likeness (QED) is 0.0699. The number of halogens is 1. The molecule has 342 valence electrons. The van der Waals surface area contributed by atoms with E-state index in [9.17, 15) is 9.59 Å². The minimum absolute atomic E-state index is 0. The lowest BCUT2D eigenvalue weighted by molar-refractivity contribution is -0.926. The Morgan fingerprint density at radius 2 is 1.06 bits per heavy atom. The molecule has 1 aliphatic heterocycles. The number of aryl methyl sites for hydroxylation is 2. The van der Waals surface area contributed by atoms with Crippen LogP contribution < -0.4 is 45.2 Å². The average molecular weight is 1010 g/mol. The summed E-state index contributed by atoms with van der Waals surface area (Å²) in [4.78, 5) is 55.7. The van der Waals surface area contributed by atoms with Gasteiger partial charge in [0.1, 0.15) is 6.54 Å². The second kappa shape index (κ2) is 21.4. The van der Waals surface area contributed by atoms with Gasteiger partial charge in [0.05, 0.1) is 31.5 Å². The molecule has 0 saturated carbocycles. The van der Waals surface area contributed by atoms with Crippen LogP contribution in [0.25, 0.3) is 22.5 Å². The predicted molar refractivity (Wildman–Crippen MR) is 263 cm³/mol. The van der Waals surface area contributed by atoms with Crippen molar-refractivity contribution in [2.75, 3.05) is 54.5 Å². The number of hydrogen-bond acceptors (Lipinski definition) is 11. The smallest absolute Gasteiger partial charge is 0.255 e. The van der Waals surface area contributed by atoms with Crippen molar-refractivity contribution in [2.24, 2.45) is 0 Å². The SMILES string of the molecule is Cc1ccc(NC(=O)c2ccc(CN3CC[N+](C)(Cc4ccc(C(=O)Nc5ccc(C)c(Nc6nccc(-c7cccnc7)n6)c5)cc4)CC3)cc2)cc1Nc1nccc(-c2cccnc2)n1.[I-]. The molecule has 1 saturated heterocycles. The second-order valence-electron chi connectivity index (χ2n) is 17.1. The number of pyridine rings is 2. The number of nitrogens with one attached hydrogen (secondary N) is 4. The Balaban J connectivity index is 0.00000625. The van der Waals surface area contributed by atoms with Crippen molar-refractivity contribution in [2.45, 2.75) is 26.9 Å². The lowest BCUT2D eigenvalue weighted by atomic mass is 10.1. The number of aromatic nitrogens is 6. The minimum atomic E-state index is -0.180. The van der Waals surface area contributed by atoms with E-state index < -0.39 is 0 Å². The first-order valence-electron chi connectivity index (χ1n) is 22.2. The summed E-state index contributed by atoms with van der Waals surface area (Å²) >= 11 is 0. The molecule has 1 fully saturated rings. The maximum Gasteiger partial charge on any atom is 0.255 e. The predicted octanol–water partition coefficient (Wildman–Crippen LogP) is 6.47. The van der Waals surface area contributed by atoms with Crippen LogP contribution in [0.1, 0.15) is 43.0 Å². The zero-order valence-corrected chi connectivity index (χ0v) is 40.2. The van der Waals surface area contributed by atoms with E-state index in [1.807, 2.05) is 123 Å². The molecule has 0 bridgehead atoms. The third-order valence-corrected chi connectivity index (χ3v) is 12.0. The van der Waals surface area contributed by atoms with Gasteiger partial charge in [-0.25, -0.2) is 19.9 Å². The minimum Gasteiger partial charge on any atom is -1.00 e. The third-order valence-electron chi connectivity index (χ3n) is 12.0. The van der Waals surface area contributed by atoms with Gasteiger partial charge in [-0.3, -0.25) is 24.5 Å². The first-order chi connectivity index (χ1) is 32.6. The molecule has 14 nitrogen and oxygen atoms in total. The molecule has 0 unspecified atom stereocenters. The fourth-order valence-electron chi connectivity index (χ4n) is 8.03. The van der Waals surface area contributed by atoms with Crippen molar-refractivity contribution >= 4 is 46.5 Å². The van der Waals surface area contributed by atoms with Gasteiger partial charge in [0.2, 0.25) is 11.9 Å². The van der Waals surface area contributed by atoms with Gasteiger partial charge in [0.15, 0.2) is 0 Å². The summed E-state index contributed by atoms with van der Waals surface area (Å²) in [5, 5.41) is 12.7. The van der Waals surface area contributed by atoms with Crippen molar-refractivity contribution in [3.05, 3.63) is 192 Å². The van der Waals surface area contributed by atoms with E-state index in [4.69, 9.17) is 0 Å². The number of likely N-dealkylation sites (N-methyl/N-ethyl adjacent to an activating group) is 1. The maximum atomic E-state index is 13.4. The molecular weight excluding hydrogens is 964 g/mol. The molecule has 0 aliphatic carbocycles. The Morgan fingerprint density at radius 1 is 0.588 bits per heavy atom. The standard InChI is InChI=1S/C53H50N12O2.HI/c1-36-8-18-44(30-48(36)62-52-56-24-20-46(60-52)42-6-4-22-54-32-42)58-50(66)40-14-10-38(11-15-40)34-64-26-28-65(3,29-27-64)35-39-12-16-41(17-13-39)51(67)59-45-19-9-37(2)49(31-45)63-53-57-25-21-47(61-53)43-7-5-23-55-33-43;/h4-25,30-33H,26-29,34-35H2,1-3H3,(H3-,56,57,58,59,60,61,62,63,66,67);1H. The molecule has 15 heteroatoms. The Hall–Kier alpha value is -7.47. The summed E-state index contributed by atoms with van der Waals surface area (Å²) < 4.78 is 0.913. The van der Waals surface area contributed by atoms with Gasteiger partial charge >= 0.3 is 0 Å². The number of rotatable bonds is 14. The molecular formula is C53H51IN12O2. The maximum absolute atomic E-state index is 13.4. The molecule has 5 heterocycles. The molecule has 1 aliphatic rings. The van der Waals surface area contributed by atoms with E-state index in [0.29, 0.717) is 34.4 Å². The summed E-state index contributed by atoms with van der Waals surface area (Å²) in [6.45, 7) is 9.59. The van der Waals surface area contributed by atoms with Crippen LogP contribution >= 0.6 is 0 Å². The molecule has 4 aromatic carbocycles. The van der Waals surface area contributed by atoms with Crippen LogP contribution in [0.4, 0.5) is 34.6 Å². The van der Waals surface area contributed by atoms with Gasteiger partial charge in [-0.1, -0.05) is 36.4 Å². The summed E-state index contributed by atoms with van der Waals surface area (Å²) in [5.74, 6) is 0.550. The second-order valence-corrected chi connectivity index (χ2v) is 17.1. The van der Waals surface area contributed by atoms with Crippen LogP contribution in [-0.4, -0.2) is 84.3 Å². The number of carbonyl (C=O) groups is 2. The first kappa shape index (κ1) is 47.0. The van der Waals surface area contributed by atoms with Crippen molar-refractivity contribution in [1.82, 2.24) is 34.8 Å². The van der Waals surface area contributed by atoms with Crippen LogP contribution in [0.15, 0.2) is 159 Å². The topological polar surface area (TPSA) is 163 Å². The molecule has 0 spiro atoms. The monoisotopic (exact) mass is 1010 g/mol. The Labute approximate surface area is 413 Å². The Morgan fingerprint density at radius 3 is 1.51 bits per heavy atom. The van der Waals surface area contributed by atoms with Gasteiger partial charge in [-0.15, -0.1) is 0 Å². The molecule has 68 heavy (non-hydrogen) atoms. The molecule has 4 N–H and O–H groups in total. The van der Waals surface area contributed by atoms with E-state index >= 15 is 0 Å². The first-order valence-corrected chi connectivity index (χ1v) is 22.2. The van der Waals surface area contributed by atoms with E-state index in [1.54, 1.807) is 37.2 Å². The number of piperazine rings is 1. The van der Waals surface area contributed by atoms with Gasteiger partial charge in [-0.05, 0) is 115 Å². The lowest BCUT2D eigenvalue weighted by Gasteiger charge is -2.42. The third kappa shape index (κ3) is 11.9. The molecule has 0 radical (unpaired) electrons. The summed E-state index contributed by atoms with van der Waals surface area (Å²) in [6, 6.07) is 38.6. The zero-order chi connectivity index (χ0) is 46.2. The van der Waals surface area contributed by atoms with Crippen molar-refractivity contribution in [3.8, 4) is 22.5 Å². The van der Waals surface area contributed by atoms with Crippen molar-refractivity contribution in [1.29, 1.82) is 0 Å². The number of carbonyl (C=O) groups excluding carboxylic acids is 2. The zero-order valence-electron chi connectivity index (χ0n) is 38.0. The van der Waals surface area contributed by atoms with Gasteiger partial charge in [-0.2, -0.15) is 0 Å². The molecule has 2 amide bonds. The lowest BCUT2D eigenvalue weighted by Crippen LogP contribution is -3.00. The highest BCUT2D eigenvalue weighted by Gasteiger charge is 2.29.